The summed E-state index contributed by atoms with van der Waals surface area (Å²) in [6.45, 7) is 2.92. The molecule has 0 saturated carbocycles. The Bertz CT molecular complexity index is 578. The molecule has 0 bridgehead atoms. The minimum absolute atomic E-state index is 0.0287. The summed E-state index contributed by atoms with van der Waals surface area (Å²) >= 11 is 3.33. The molecule has 5 nitrogen and oxygen atoms in total. The molecule has 1 heterocycles. The summed E-state index contributed by atoms with van der Waals surface area (Å²) in [5, 5.41) is 2.96. The van der Waals surface area contributed by atoms with Gasteiger partial charge in [0, 0.05) is 48.9 Å². The molecule has 1 aromatic carbocycles. The van der Waals surface area contributed by atoms with Crippen molar-refractivity contribution in [1.82, 2.24) is 10.2 Å². The fraction of sp³-hybridized carbons (Fsp3) is 0.471. The van der Waals surface area contributed by atoms with Gasteiger partial charge in [0.25, 0.3) is 0 Å². The Morgan fingerprint density at radius 2 is 1.74 bits per heavy atom. The second-order valence-corrected chi connectivity index (χ2v) is 6.69. The number of piperidine rings is 1. The number of benzene rings is 1. The van der Waals surface area contributed by atoms with Crippen LogP contribution in [0.25, 0.3) is 0 Å². The predicted molar refractivity (Wildman–Crippen MR) is 91.1 cm³/mol. The maximum Gasteiger partial charge on any atom is 0.220 e. The van der Waals surface area contributed by atoms with Crippen molar-refractivity contribution in [3.63, 3.8) is 0 Å². The highest BCUT2D eigenvalue weighted by molar-refractivity contribution is 9.10. The van der Waals surface area contributed by atoms with Gasteiger partial charge in [0.2, 0.25) is 11.8 Å². The highest BCUT2D eigenvalue weighted by Gasteiger charge is 2.22. The minimum atomic E-state index is -0.100. The van der Waals surface area contributed by atoms with Crippen LogP contribution in [-0.4, -0.2) is 41.6 Å². The van der Waals surface area contributed by atoms with Crippen LogP contribution < -0.4 is 5.32 Å². The second-order valence-electron chi connectivity index (χ2n) is 5.78. The Hall–Kier alpha value is -1.69. The molecule has 6 heteroatoms. The number of halogens is 1. The Morgan fingerprint density at radius 1 is 1.13 bits per heavy atom. The molecule has 0 atom stereocenters. The molecular weight excluding hydrogens is 360 g/mol. The summed E-state index contributed by atoms with van der Waals surface area (Å²) in [6.07, 6.45) is 1.94. The van der Waals surface area contributed by atoms with E-state index in [1.165, 1.54) is 0 Å². The van der Waals surface area contributed by atoms with Gasteiger partial charge in [0.1, 0.15) is 0 Å². The first-order valence-electron chi connectivity index (χ1n) is 7.79. The molecule has 124 valence electrons. The van der Waals surface area contributed by atoms with E-state index in [0.29, 0.717) is 18.7 Å². The van der Waals surface area contributed by atoms with E-state index >= 15 is 0 Å². The molecule has 1 aliphatic rings. The van der Waals surface area contributed by atoms with Crippen LogP contribution >= 0.6 is 15.9 Å². The lowest BCUT2D eigenvalue weighted by molar-refractivity contribution is -0.130. The number of ketones is 1. The average molecular weight is 381 g/mol. The van der Waals surface area contributed by atoms with E-state index in [1.54, 1.807) is 24.0 Å². The van der Waals surface area contributed by atoms with Crippen molar-refractivity contribution in [2.75, 3.05) is 13.1 Å². The first-order chi connectivity index (χ1) is 11.0. The van der Waals surface area contributed by atoms with Crippen molar-refractivity contribution in [3.05, 3.63) is 34.3 Å². The van der Waals surface area contributed by atoms with E-state index in [9.17, 15) is 14.4 Å². The van der Waals surface area contributed by atoms with Crippen LogP contribution in [0.2, 0.25) is 0 Å². The summed E-state index contributed by atoms with van der Waals surface area (Å²) in [5.41, 5.74) is 0.621. The zero-order valence-electron chi connectivity index (χ0n) is 13.2. The van der Waals surface area contributed by atoms with Gasteiger partial charge in [0.15, 0.2) is 5.78 Å². The van der Waals surface area contributed by atoms with Crippen LogP contribution in [0.3, 0.4) is 0 Å². The van der Waals surface area contributed by atoms with Crippen molar-refractivity contribution in [2.24, 2.45) is 0 Å². The van der Waals surface area contributed by atoms with Crippen LogP contribution in [0.5, 0.6) is 0 Å². The molecular formula is C17H21BrN2O3. The molecule has 1 aromatic rings. The molecule has 1 saturated heterocycles. The lowest BCUT2D eigenvalue weighted by Crippen LogP contribution is -2.46. The van der Waals surface area contributed by atoms with Crippen molar-refractivity contribution < 1.29 is 14.4 Å². The fourth-order valence-electron chi connectivity index (χ4n) is 2.65. The van der Waals surface area contributed by atoms with Crippen LogP contribution in [0, 0.1) is 0 Å². The molecule has 0 spiro atoms. The Balaban J connectivity index is 1.72. The highest BCUT2D eigenvalue weighted by atomic mass is 79.9. The van der Waals surface area contributed by atoms with Gasteiger partial charge in [-0.1, -0.05) is 28.1 Å². The van der Waals surface area contributed by atoms with E-state index in [0.717, 1.165) is 17.3 Å². The van der Waals surface area contributed by atoms with E-state index in [2.05, 4.69) is 21.2 Å². The van der Waals surface area contributed by atoms with E-state index < -0.39 is 0 Å². The summed E-state index contributed by atoms with van der Waals surface area (Å²) < 4.78 is 0.920. The third-order valence-electron chi connectivity index (χ3n) is 4.05. The largest absolute Gasteiger partial charge is 0.353 e. The standard InChI is InChI=1S/C17H21BrN2O3/c1-12(21)20-10-8-15(9-11-20)19-17(23)7-6-16(22)13-2-4-14(18)5-3-13/h2-5,15H,6-11H2,1H3,(H,19,23). The van der Waals surface area contributed by atoms with Crippen molar-refractivity contribution in [3.8, 4) is 0 Å². The van der Waals surface area contributed by atoms with Gasteiger partial charge < -0.3 is 10.2 Å². The first kappa shape index (κ1) is 17.7. The summed E-state index contributed by atoms with van der Waals surface area (Å²) in [7, 11) is 0. The van der Waals surface area contributed by atoms with Crippen LogP contribution in [0.4, 0.5) is 0 Å². The van der Waals surface area contributed by atoms with Crippen LogP contribution in [0.15, 0.2) is 28.7 Å². The van der Waals surface area contributed by atoms with Gasteiger partial charge >= 0.3 is 0 Å². The molecule has 1 fully saturated rings. The van der Waals surface area contributed by atoms with Gasteiger partial charge in [0.05, 0.1) is 0 Å². The molecule has 23 heavy (non-hydrogen) atoms. The van der Waals surface area contributed by atoms with Gasteiger partial charge in [-0.2, -0.15) is 0 Å². The molecule has 2 rings (SSSR count). The maximum absolute atomic E-state index is 12.0. The average Bonchev–Trinajstić information content (AvgIpc) is 2.54. The molecule has 1 aliphatic heterocycles. The predicted octanol–water partition coefficient (Wildman–Crippen LogP) is 2.54. The lowest BCUT2D eigenvalue weighted by atomic mass is 10.0. The topological polar surface area (TPSA) is 66.5 Å². The number of hydrogen-bond acceptors (Lipinski definition) is 3. The minimum Gasteiger partial charge on any atom is -0.353 e. The number of nitrogens with one attached hydrogen (secondary N) is 1. The van der Waals surface area contributed by atoms with E-state index in [-0.39, 0.29) is 36.5 Å². The van der Waals surface area contributed by atoms with Gasteiger partial charge in [-0.3, -0.25) is 14.4 Å². The molecule has 0 aromatic heterocycles. The Labute approximate surface area is 144 Å². The van der Waals surface area contributed by atoms with E-state index in [1.807, 2.05) is 12.1 Å². The van der Waals surface area contributed by atoms with Crippen molar-refractivity contribution in [1.29, 1.82) is 0 Å². The van der Waals surface area contributed by atoms with Gasteiger partial charge in [-0.25, -0.2) is 0 Å². The molecule has 2 amide bonds. The first-order valence-corrected chi connectivity index (χ1v) is 8.58. The Morgan fingerprint density at radius 3 is 2.30 bits per heavy atom. The highest BCUT2D eigenvalue weighted by Crippen LogP contribution is 2.13. The summed E-state index contributed by atoms with van der Waals surface area (Å²) in [4.78, 5) is 37.0. The smallest absolute Gasteiger partial charge is 0.220 e. The number of nitrogens with zero attached hydrogens (tertiary/aromatic N) is 1. The molecule has 0 aliphatic carbocycles. The van der Waals surface area contributed by atoms with Gasteiger partial charge in [-0.05, 0) is 25.0 Å². The Kier molecular flexibility index (Phi) is 6.33. The number of likely N-dealkylation sites (tertiary alicyclic amines) is 1. The van der Waals surface area contributed by atoms with Crippen LogP contribution in [-0.2, 0) is 9.59 Å². The number of hydrogen-bond donors (Lipinski definition) is 1. The zero-order valence-corrected chi connectivity index (χ0v) is 14.8. The zero-order chi connectivity index (χ0) is 16.8. The van der Waals surface area contributed by atoms with Crippen molar-refractivity contribution in [2.45, 2.75) is 38.6 Å². The van der Waals surface area contributed by atoms with Crippen LogP contribution in [0.1, 0.15) is 43.0 Å². The fourth-order valence-corrected chi connectivity index (χ4v) is 2.91. The number of carbonyl (C=O) groups excluding carboxylic acids is 3. The summed E-state index contributed by atoms with van der Waals surface area (Å²) in [5.74, 6) is -0.0503. The monoisotopic (exact) mass is 380 g/mol. The third-order valence-corrected chi connectivity index (χ3v) is 4.58. The number of rotatable bonds is 5. The molecule has 1 N–H and O–H groups in total. The quantitative estimate of drug-likeness (QED) is 0.798. The lowest BCUT2D eigenvalue weighted by Gasteiger charge is -2.31. The maximum atomic E-state index is 12.0. The van der Waals surface area contributed by atoms with E-state index in [4.69, 9.17) is 0 Å². The number of carbonyl (C=O) groups is 3. The summed E-state index contributed by atoms with van der Waals surface area (Å²) in [6, 6.07) is 7.23. The number of Topliss-reactive ketones (excluding diaryl/α,β-unsaturated/α-hetero) is 1. The number of amides is 2. The second kappa shape index (κ2) is 8.24. The molecule has 0 radical (unpaired) electrons. The SMILES string of the molecule is CC(=O)N1CCC(NC(=O)CCC(=O)c2ccc(Br)cc2)CC1. The van der Waals surface area contributed by atoms with Crippen molar-refractivity contribution >= 4 is 33.5 Å². The van der Waals surface area contributed by atoms with Gasteiger partial charge in [-0.15, -0.1) is 0 Å². The third kappa shape index (κ3) is 5.46. The normalized spacial score (nSPS) is 15.3. The molecule has 0 unspecified atom stereocenters.